The van der Waals surface area contributed by atoms with Crippen LogP contribution in [0.25, 0.3) is 28.0 Å². The predicted molar refractivity (Wildman–Crippen MR) is 161 cm³/mol. The van der Waals surface area contributed by atoms with E-state index in [-0.39, 0.29) is 11.5 Å². The predicted octanol–water partition coefficient (Wildman–Crippen LogP) is 5.24. The summed E-state index contributed by atoms with van der Waals surface area (Å²) in [6.45, 7) is 7.94. The maximum Gasteiger partial charge on any atom is 0.258 e. The van der Waals surface area contributed by atoms with Crippen molar-refractivity contribution in [1.29, 1.82) is 0 Å². The number of hydrogen-bond acceptors (Lipinski definition) is 6. The number of amides is 1. The summed E-state index contributed by atoms with van der Waals surface area (Å²) in [7, 11) is 0. The molecule has 0 aliphatic carbocycles. The number of benzene rings is 2. The zero-order valence-electron chi connectivity index (χ0n) is 23.2. The lowest BCUT2D eigenvalue weighted by atomic mass is 9.95. The van der Waals surface area contributed by atoms with E-state index in [0.717, 1.165) is 59.3 Å². The minimum atomic E-state index is -0.0884. The van der Waals surface area contributed by atoms with Gasteiger partial charge in [-0.3, -0.25) is 9.59 Å². The molecule has 2 aromatic heterocycles. The molecular weight excluding hydrogens is 500 g/mol. The molecule has 3 heterocycles. The molecule has 0 saturated carbocycles. The first-order chi connectivity index (χ1) is 19.4. The summed E-state index contributed by atoms with van der Waals surface area (Å²) in [5.74, 6) is 1.03. The second-order valence-electron chi connectivity index (χ2n) is 10.2. The molecular formula is C32H34N6O2. The molecule has 4 aromatic rings. The number of pyridine rings is 1. The number of aryl methyl sites for hydroxylation is 1. The van der Waals surface area contributed by atoms with Crippen LogP contribution in [0.2, 0.25) is 0 Å². The minimum absolute atomic E-state index is 0.0252. The molecule has 0 bridgehead atoms. The standard InChI is InChI=1S/C32H34N6O2/c1-4-12-37(13-5-2)31(39)25-17-27-21(3)15-24(18-28(27)36-29(33)19-25)22-7-8-26-23(16-22)9-14-38(32(26)40)20-30-34-10-6-11-35-30/h6-11,14-18H,4-5,12-13,19-20H2,1-3H3,(H2,33,36). The summed E-state index contributed by atoms with van der Waals surface area (Å²) in [6.07, 6.45) is 9.21. The molecule has 5 rings (SSSR count). The Morgan fingerprint density at radius 1 is 1.02 bits per heavy atom. The largest absolute Gasteiger partial charge is 0.387 e. The summed E-state index contributed by atoms with van der Waals surface area (Å²) < 4.78 is 1.62. The first kappa shape index (κ1) is 27.0. The van der Waals surface area contributed by atoms with E-state index in [1.807, 2.05) is 48.2 Å². The fourth-order valence-electron chi connectivity index (χ4n) is 5.19. The zero-order chi connectivity index (χ0) is 28.2. The van der Waals surface area contributed by atoms with Crippen molar-refractivity contribution >= 4 is 34.3 Å². The topological polar surface area (TPSA) is 106 Å². The van der Waals surface area contributed by atoms with E-state index < -0.39 is 0 Å². The van der Waals surface area contributed by atoms with Crippen LogP contribution in [0, 0.1) is 6.92 Å². The molecule has 40 heavy (non-hydrogen) atoms. The number of aromatic nitrogens is 3. The van der Waals surface area contributed by atoms with Gasteiger partial charge in [0.2, 0.25) is 5.91 Å². The normalized spacial score (nSPS) is 12.9. The Bertz CT molecular complexity index is 1680. The van der Waals surface area contributed by atoms with Crippen molar-refractivity contribution < 1.29 is 4.79 Å². The van der Waals surface area contributed by atoms with E-state index in [2.05, 4.69) is 29.9 Å². The second-order valence-corrected chi connectivity index (χ2v) is 10.2. The first-order valence-electron chi connectivity index (χ1n) is 13.7. The smallest absolute Gasteiger partial charge is 0.258 e. The van der Waals surface area contributed by atoms with Crippen molar-refractivity contribution in [2.24, 2.45) is 10.7 Å². The van der Waals surface area contributed by atoms with Crippen LogP contribution in [0.3, 0.4) is 0 Å². The fourth-order valence-corrected chi connectivity index (χ4v) is 5.19. The molecule has 1 aliphatic heterocycles. The number of amidine groups is 1. The molecule has 8 nitrogen and oxygen atoms in total. The lowest BCUT2D eigenvalue weighted by molar-refractivity contribution is -0.127. The highest BCUT2D eigenvalue weighted by Gasteiger charge is 2.22. The zero-order valence-corrected chi connectivity index (χ0v) is 23.2. The Labute approximate surface area is 233 Å². The molecule has 0 atom stereocenters. The quantitative estimate of drug-likeness (QED) is 0.333. The third-order valence-electron chi connectivity index (χ3n) is 7.11. The SMILES string of the molecule is CCCN(CCC)C(=O)C1=Cc2c(C)cc(-c3ccc4c(=O)n(Cc5ncccn5)ccc4c3)cc2N=C(N)C1. The fraction of sp³-hybridized carbons (Fsp3) is 0.281. The molecule has 2 N–H and O–H groups in total. The van der Waals surface area contributed by atoms with E-state index in [4.69, 9.17) is 10.7 Å². The molecule has 2 aromatic carbocycles. The monoisotopic (exact) mass is 534 g/mol. The van der Waals surface area contributed by atoms with Crippen molar-refractivity contribution in [3.05, 3.63) is 93.9 Å². The molecule has 1 amide bonds. The summed E-state index contributed by atoms with van der Waals surface area (Å²) in [5, 5.41) is 1.48. The Kier molecular flexibility index (Phi) is 7.86. The van der Waals surface area contributed by atoms with Gasteiger partial charge in [-0.25, -0.2) is 15.0 Å². The third-order valence-corrected chi connectivity index (χ3v) is 7.11. The maximum atomic E-state index is 13.4. The summed E-state index contributed by atoms with van der Waals surface area (Å²) >= 11 is 0. The number of carbonyl (C=O) groups is 1. The van der Waals surface area contributed by atoms with Crippen molar-refractivity contribution in [1.82, 2.24) is 19.4 Å². The van der Waals surface area contributed by atoms with Gasteiger partial charge in [-0.05, 0) is 78.2 Å². The lowest BCUT2D eigenvalue weighted by Crippen LogP contribution is -2.34. The Morgan fingerprint density at radius 3 is 2.50 bits per heavy atom. The van der Waals surface area contributed by atoms with Crippen LogP contribution in [-0.4, -0.2) is 44.3 Å². The van der Waals surface area contributed by atoms with Crippen LogP contribution in [0.15, 0.2) is 76.4 Å². The van der Waals surface area contributed by atoms with Crippen LogP contribution in [0.4, 0.5) is 5.69 Å². The van der Waals surface area contributed by atoms with Gasteiger partial charge in [-0.15, -0.1) is 0 Å². The molecule has 0 fully saturated rings. The number of rotatable bonds is 8. The van der Waals surface area contributed by atoms with Gasteiger partial charge in [0, 0.05) is 54.6 Å². The minimum Gasteiger partial charge on any atom is -0.387 e. The van der Waals surface area contributed by atoms with Gasteiger partial charge in [0.25, 0.3) is 5.56 Å². The first-order valence-corrected chi connectivity index (χ1v) is 13.7. The second kappa shape index (κ2) is 11.7. The summed E-state index contributed by atoms with van der Waals surface area (Å²) in [6, 6.07) is 13.6. The highest BCUT2D eigenvalue weighted by molar-refractivity contribution is 6.06. The van der Waals surface area contributed by atoms with Crippen molar-refractivity contribution in [2.45, 2.75) is 46.6 Å². The average Bonchev–Trinajstić information content (AvgIpc) is 3.13. The maximum absolute atomic E-state index is 13.4. The van der Waals surface area contributed by atoms with Gasteiger partial charge < -0.3 is 15.2 Å². The number of aliphatic imine (C=N–C) groups is 1. The van der Waals surface area contributed by atoms with E-state index in [9.17, 15) is 9.59 Å². The van der Waals surface area contributed by atoms with Crippen LogP contribution < -0.4 is 11.3 Å². The van der Waals surface area contributed by atoms with Crippen molar-refractivity contribution in [3.63, 3.8) is 0 Å². The Morgan fingerprint density at radius 2 is 1.77 bits per heavy atom. The van der Waals surface area contributed by atoms with Crippen molar-refractivity contribution in [2.75, 3.05) is 13.1 Å². The average molecular weight is 535 g/mol. The van der Waals surface area contributed by atoms with E-state index >= 15 is 0 Å². The van der Waals surface area contributed by atoms with Crippen LogP contribution >= 0.6 is 0 Å². The lowest BCUT2D eigenvalue weighted by Gasteiger charge is -2.22. The van der Waals surface area contributed by atoms with Crippen LogP contribution in [0.5, 0.6) is 0 Å². The number of hydrogen-bond donors (Lipinski definition) is 1. The third kappa shape index (κ3) is 5.57. The Balaban J connectivity index is 1.50. The van der Waals surface area contributed by atoms with Crippen LogP contribution in [-0.2, 0) is 11.3 Å². The van der Waals surface area contributed by atoms with Gasteiger partial charge >= 0.3 is 0 Å². The summed E-state index contributed by atoms with van der Waals surface area (Å²) in [4.78, 5) is 41.6. The number of carbonyl (C=O) groups excluding carboxylic acids is 1. The van der Waals surface area contributed by atoms with Gasteiger partial charge in [-0.2, -0.15) is 0 Å². The molecule has 0 unspecified atom stereocenters. The number of nitrogens with two attached hydrogens (primary N) is 1. The van der Waals surface area contributed by atoms with Crippen molar-refractivity contribution in [3.8, 4) is 11.1 Å². The molecule has 204 valence electrons. The highest BCUT2D eigenvalue weighted by Crippen LogP contribution is 2.35. The van der Waals surface area contributed by atoms with Gasteiger partial charge in [0.1, 0.15) is 11.7 Å². The molecule has 0 radical (unpaired) electrons. The van der Waals surface area contributed by atoms with Crippen LogP contribution in [0.1, 0.15) is 50.1 Å². The number of fused-ring (bicyclic) bond motifs is 2. The molecule has 0 saturated heterocycles. The molecule has 1 aliphatic rings. The molecule has 8 heteroatoms. The van der Waals surface area contributed by atoms with Gasteiger partial charge in [0.15, 0.2) is 0 Å². The number of nitrogens with zero attached hydrogens (tertiary/aromatic N) is 5. The Hall–Kier alpha value is -4.59. The van der Waals surface area contributed by atoms with E-state index in [1.54, 1.807) is 29.2 Å². The van der Waals surface area contributed by atoms with E-state index in [1.165, 1.54) is 0 Å². The highest BCUT2D eigenvalue weighted by atomic mass is 16.2. The molecule has 0 spiro atoms. The summed E-state index contributed by atoms with van der Waals surface area (Å²) in [5.41, 5.74) is 11.5. The van der Waals surface area contributed by atoms with E-state index in [0.29, 0.717) is 35.6 Å². The van der Waals surface area contributed by atoms with Gasteiger partial charge in [0.05, 0.1) is 12.2 Å². The van der Waals surface area contributed by atoms with Gasteiger partial charge in [-0.1, -0.05) is 26.0 Å².